The fraction of sp³-hybridized carbons (Fsp3) is 0.0909. The lowest BCUT2D eigenvalue weighted by Crippen LogP contribution is -2.18. The number of fused-ring (bicyclic) bond motifs is 1. The highest BCUT2D eigenvalue weighted by Crippen LogP contribution is 2.28. The fourth-order valence-corrected chi connectivity index (χ4v) is 4.75. The van der Waals surface area contributed by atoms with Gasteiger partial charge in [-0.1, -0.05) is 11.6 Å². The number of carbonyl (C=O) groups is 1. The Hall–Kier alpha value is -3.08. The predicted molar refractivity (Wildman–Crippen MR) is 133 cm³/mol. The highest BCUT2D eigenvalue weighted by Gasteiger charge is 2.10. The number of aromatic nitrogens is 1. The maximum Gasteiger partial charge on any atom is 0.263 e. The van der Waals surface area contributed by atoms with Crippen molar-refractivity contribution in [3.8, 4) is 5.69 Å². The molecule has 0 fully saturated rings. The molecule has 2 aromatic carbocycles. The molecule has 2 aromatic heterocycles. The molecule has 6 nitrogen and oxygen atoms in total. The summed E-state index contributed by atoms with van der Waals surface area (Å²) >= 11 is 8.32. The van der Waals surface area contributed by atoms with E-state index in [0.29, 0.717) is 28.9 Å². The van der Waals surface area contributed by atoms with E-state index in [-0.39, 0.29) is 5.39 Å². The maximum atomic E-state index is 13.9. The smallest absolute Gasteiger partial charge is 0.263 e. The van der Waals surface area contributed by atoms with E-state index in [1.54, 1.807) is 50.6 Å². The van der Waals surface area contributed by atoms with E-state index in [1.807, 2.05) is 6.07 Å². The number of nitrogens with zero attached hydrogens (tertiary/aromatic N) is 1. The fourth-order valence-electron chi connectivity index (χ4n) is 2.95. The Kier molecular flexibility index (Phi) is 8.32. The van der Waals surface area contributed by atoms with Crippen molar-refractivity contribution >= 4 is 63.4 Å². The number of pyridine rings is 1. The third kappa shape index (κ3) is 5.84. The number of halogens is 3. The second-order valence-corrected chi connectivity index (χ2v) is 9.32. The van der Waals surface area contributed by atoms with Gasteiger partial charge in [-0.05, 0) is 59.8 Å². The maximum absolute atomic E-state index is 13.9. The van der Waals surface area contributed by atoms with Gasteiger partial charge < -0.3 is 10.6 Å². The van der Waals surface area contributed by atoms with Crippen LogP contribution in [0.4, 0.5) is 20.2 Å². The summed E-state index contributed by atoms with van der Waals surface area (Å²) in [6.45, 7) is 0. The largest absolute Gasteiger partial charge is 0.386 e. The first kappa shape index (κ1) is 24.6. The Labute approximate surface area is 201 Å². The van der Waals surface area contributed by atoms with E-state index in [2.05, 4.69) is 15.4 Å². The summed E-state index contributed by atoms with van der Waals surface area (Å²) < 4.78 is 33.3. The zero-order chi connectivity index (χ0) is 24.0. The second-order valence-electron chi connectivity index (χ2n) is 6.47. The van der Waals surface area contributed by atoms with Crippen molar-refractivity contribution in [2.24, 2.45) is 0 Å². The number of hydrogen-bond donors (Lipinski definition) is 3. The van der Waals surface area contributed by atoms with E-state index in [4.69, 9.17) is 11.6 Å². The minimum absolute atomic E-state index is 0.238. The summed E-state index contributed by atoms with van der Waals surface area (Å²) in [4.78, 5) is 22.4. The van der Waals surface area contributed by atoms with Crippen LogP contribution in [0.15, 0.2) is 63.7 Å². The molecule has 4 aromatic rings. The molecule has 1 amide bonds. The van der Waals surface area contributed by atoms with Crippen molar-refractivity contribution in [1.82, 2.24) is 9.29 Å². The lowest BCUT2D eigenvalue weighted by atomic mass is 10.1. The summed E-state index contributed by atoms with van der Waals surface area (Å²) in [5.41, 5.74) is 0.638. The minimum atomic E-state index is -0.508. The molecule has 0 saturated heterocycles. The Morgan fingerprint density at radius 3 is 2.33 bits per heavy atom. The zero-order valence-corrected chi connectivity index (χ0v) is 19.9. The molecule has 0 bridgehead atoms. The molecule has 11 heteroatoms. The molecule has 0 unspecified atom stereocenters. The number of nitrogens with one attached hydrogen (secondary N) is 3. The van der Waals surface area contributed by atoms with Gasteiger partial charge in [0.15, 0.2) is 0 Å². The van der Waals surface area contributed by atoms with Crippen LogP contribution in [-0.4, -0.2) is 25.1 Å². The topological polar surface area (TPSA) is 75.2 Å². The molecule has 0 spiro atoms. The van der Waals surface area contributed by atoms with Crippen molar-refractivity contribution in [3.05, 3.63) is 81.1 Å². The molecular weight excluding hydrogens is 490 g/mol. The van der Waals surface area contributed by atoms with E-state index in [1.165, 1.54) is 40.0 Å². The SMILES string of the molecule is CNc1ccc(-n2ccc3cc(NC)c(F)cc3c2=O)cc1F.O=CNSc1ccc(Cl)s1. The number of hydrogen-bond acceptors (Lipinski definition) is 6. The van der Waals surface area contributed by atoms with E-state index in [9.17, 15) is 18.4 Å². The van der Waals surface area contributed by atoms with Gasteiger partial charge in [0.25, 0.3) is 5.56 Å². The van der Waals surface area contributed by atoms with Gasteiger partial charge in [-0.2, -0.15) is 0 Å². The number of carbonyl (C=O) groups excluding carboxylic acids is 1. The van der Waals surface area contributed by atoms with Crippen molar-refractivity contribution in [1.29, 1.82) is 0 Å². The van der Waals surface area contributed by atoms with Crippen LogP contribution < -0.4 is 20.9 Å². The van der Waals surface area contributed by atoms with Crippen LogP contribution in [0, 0.1) is 11.6 Å². The third-order valence-electron chi connectivity index (χ3n) is 4.52. The van der Waals surface area contributed by atoms with Gasteiger partial charge in [-0.25, -0.2) is 8.78 Å². The molecule has 3 N–H and O–H groups in total. The van der Waals surface area contributed by atoms with Crippen LogP contribution in [0.1, 0.15) is 0 Å². The Morgan fingerprint density at radius 2 is 1.73 bits per heavy atom. The lowest BCUT2D eigenvalue weighted by Gasteiger charge is -2.10. The van der Waals surface area contributed by atoms with Crippen molar-refractivity contribution in [2.75, 3.05) is 24.7 Å². The third-order valence-corrected chi connectivity index (χ3v) is 6.59. The predicted octanol–water partition coefficient (Wildman–Crippen LogP) is 5.51. The number of thiophene rings is 1. The van der Waals surface area contributed by atoms with Crippen LogP contribution in [0.25, 0.3) is 16.5 Å². The highest BCUT2D eigenvalue weighted by atomic mass is 35.5. The molecule has 0 aliphatic rings. The molecule has 0 radical (unpaired) electrons. The number of amides is 1. The van der Waals surface area contributed by atoms with Crippen molar-refractivity contribution < 1.29 is 13.6 Å². The van der Waals surface area contributed by atoms with Crippen molar-refractivity contribution in [2.45, 2.75) is 4.21 Å². The van der Waals surface area contributed by atoms with E-state index >= 15 is 0 Å². The first-order valence-corrected chi connectivity index (χ1v) is 11.5. The molecule has 2 heterocycles. The molecule has 0 aliphatic carbocycles. The monoisotopic (exact) mass is 508 g/mol. The first-order chi connectivity index (χ1) is 15.9. The molecule has 0 atom stereocenters. The van der Waals surface area contributed by atoms with Gasteiger partial charge in [-0.15, -0.1) is 11.3 Å². The Balaban J connectivity index is 0.000000257. The average molecular weight is 509 g/mol. The van der Waals surface area contributed by atoms with Gasteiger partial charge in [0.2, 0.25) is 6.41 Å². The van der Waals surface area contributed by atoms with Gasteiger partial charge >= 0.3 is 0 Å². The second kappa shape index (κ2) is 11.2. The molecule has 0 aliphatic heterocycles. The molecule has 33 heavy (non-hydrogen) atoms. The first-order valence-electron chi connectivity index (χ1n) is 9.49. The number of benzene rings is 2. The standard InChI is InChI=1S/C17H15F2N3O.C5H4ClNOS2/c1-20-15-4-3-11(8-13(15)18)22-6-5-10-7-16(21-2)14(19)9-12(10)17(22)23;6-4-1-2-5(9-4)10-7-3-8/h3-9,20-21H,1-2H3;1-3H,(H,7,8). The summed E-state index contributed by atoms with van der Waals surface area (Å²) in [5, 5.41) is 6.31. The van der Waals surface area contributed by atoms with Crippen LogP contribution in [-0.2, 0) is 4.79 Å². The van der Waals surface area contributed by atoms with Crippen LogP contribution in [0.2, 0.25) is 4.34 Å². The molecule has 172 valence electrons. The van der Waals surface area contributed by atoms with E-state index < -0.39 is 17.2 Å². The quantitative estimate of drug-likeness (QED) is 0.237. The summed E-state index contributed by atoms with van der Waals surface area (Å²) in [7, 11) is 3.22. The Bertz CT molecular complexity index is 1340. The summed E-state index contributed by atoms with van der Waals surface area (Å²) in [6.07, 6.45) is 2.19. The summed E-state index contributed by atoms with van der Waals surface area (Å²) in [6, 6.07) is 12.5. The van der Waals surface area contributed by atoms with Crippen LogP contribution in [0.3, 0.4) is 0 Å². The molecule has 4 rings (SSSR count). The van der Waals surface area contributed by atoms with Gasteiger partial charge in [0.1, 0.15) is 11.6 Å². The lowest BCUT2D eigenvalue weighted by molar-refractivity contribution is -0.107. The van der Waals surface area contributed by atoms with E-state index in [0.717, 1.165) is 8.55 Å². The molecular formula is C22H19ClF2N4O2S2. The van der Waals surface area contributed by atoms with Crippen LogP contribution >= 0.6 is 34.9 Å². The highest BCUT2D eigenvalue weighted by molar-refractivity contribution is 7.99. The van der Waals surface area contributed by atoms with Gasteiger partial charge in [0.05, 0.1) is 31.0 Å². The summed E-state index contributed by atoms with van der Waals surface area (Å²) in [5.74, 6) is -0.972. The number of anilines is 2. The van der Waals surface area contributed by atoms with Crippen LogP contribution in [0.5, 0.6) is 0 Å². The number of rotatable bonds is 6. The zero-order valence-electron chi connectivity index (χ0n) is 17.5. The van der Waals surface area contributed by atoms with Gasteiger partial charge in [0, 0.05) is 26.4 Å². The van der Waals surface area contributed by atoms with Gasteiger partial charge in [-0.3, -0.25) is 18.9 Å². The average Bonchev–Trinajstić information content (AvgIpc) is 3.23. The normalized spacial score (nSPS) is 10.3. The van der Waals surface area contributed by atoms with Crippen molar-refractivity contribution in [3.63, 3.8) is 0 Å². The molecule has 0 saturated carbocycles. The minimum Gasteiger partial charge on any atom is -0.386 e. The Morgan fingerprint density at radius 1 is 1.00 bits per heavy atom.